The molecule has 1 aromatic carbocycles. The molecule has 0 saturated heterocycles. The van der Waals surface area contributed by atoms with Gasteiger partial charge in [0.05, 0.1) is 6.10 Å². The summed E-state index contributed by atoms with van der Waals surface area (Å²) in [4.78, 5) is 0. The first-order valence-electron chi connectivity index (χ1n) is 6.57. The van der Waals surface area contributed by atoms with Crippen molar-refractivity contribution in [3.8, 4) is 5.75 Å². The molecule has 0 radical (unpaired) electrons. The number of aryl methyl sites for hydroxylation is 1. The van der Waals surface area contributed by atoms with E-state index in [0.29, 0.717) is 0 Å². The van der Waals surface area contributed by atoms with E-state index in [4.69, 9.17) is 9.15 Å². The summed E-state index contributed by atoms with van der Waals surface area (Å²) in [5.41, 5.74) is 0.879. The molecule has 2 aromatic rings. The maximum Gasteiger partial charge on any atom is 0.134 e. The van der Waals surface area contributed by atoms with Crippen molar-refractivity contribution >= 4 is 11.0 Å². The SMILES string of the molecule is Cc1cc2cc(OC3CCCCC3O)ccc2o1. The molecule has 0 amide bonds. The van der Waals surface area contributed by atoms with Crippen molar-refractivity contribution in [3.63, 3.8) is 0 Å². The summed E-state index contributed by atoms with van der Waals surface area (Å²) in [7, 11) is 0. The number of furan rings is 1. The molecule has 3 heteroatoms. The lowest BCUT2D eigenvalue weighted by Crippen LogP contribution is -2.34. The van der Waals surface area contributed by atoms with Crippen molar-refractivity contribution < 1.29 is 14.3 Å². The first-order valence-corrected chi connectivity index (χ1v) is 6.57. The second-order valence-electron chi connectivity index (χ2n) is 5.06. The molecule has 1 fully saturated rings. The molecule has 1 N–H and O–H groups in total. The van der Waals surface area contributed by atoms with Gasteiger partial charge in [0.2, 0.25) is 0 Å². The van der Waals surface area contributed by atoms with E-state index < -0.39 is 0 Å². The number of hydrogen-bond acceptors (Lipinski definition) is 3. The fraction of sp³-hybridized carbons (Fsp3) is 0.467. The topological polar surface area (TPSA) is 42.6 Å². The summed E-state index contributed by atoms with van der Waals surface area (Å²) in [5.74, 6) is 1.72. The van der Waals surface area contributed by atoms with E-state index in [1.54, 1.807) is 0 Å². The number of aliphatic hydroxyl groups is 1. The predicted octanol–water partition coefficient (Wildman–Crippen LogP) is 3.42. The van der Waals surface area contributed by atoms with Gasteiger partial charge in [-0.05, 0) is 50.5 Å². The molecule has 2 atom stereocenters. The Morgan fingerprint density at radius 1 is 1.22 bits per heavy atom. The zero-order chi connectivity index (χ0) is 12.5. The van der Waals surface area contributed by atoms with Gasteiger partial charge in [-0.3, -0.25) is 0 Å². The minimum Gasteiger partial charge on any atom is -0.488 e. The van der Waals surface area contributed by atoms with Crippen LogP contribution in [-0.4, -0.2) is 17.3 Å². The van der Waals surface area contributed by atoms with Crippen molar-refractivity contribution in [1.82, 2.24) is 0 Å². The Hall–Kier alpha value is -1.48. The third-order valence-electron chi connectivity index (χ3n) is 3.57. The molecule has 1 aromatic heterocycles. The molecular formula is C15H18O3. The standard InChI is InChI=1S/C15H18O3/c1-10-8-11-9-12(6-7-14(11)17-10)18-15-5-3-2-4-13(15)16/h6-9,13,15-16H,2-5H2,1H3. The summed E-state index contributed by atoms with van der Waals surface area (Å²) in [5, 5.41) is 11.0. The molecule has 0 spiro atoms. The van der Waals surface area contributed by atoms with Crippen LogP contribution in [0.1, 0.15) is 31.4 Å². The van der Waals surface area contributed by atoms with Crippen LogP contribution in [0.3, 0.4) is 0 Å². The van der Waals surface area contributed by atoms with E-state index in [-0.39, 0.29) is 12.2 Å². The molecule has 1 saturated carbocycles. The highest BCUT2D eigenvalue weighted by molar-refractivity contribution is 5.79. The maximum atomic E-state index is 9.90. The monoisotopic (exact) mass is 246 g/mol. The maximum absolute atomic E-state index is 9.90. The van der Waals surface area contributed by atoms with E-state index in [1.165, 1.54) is 0 Å². The van der Waals surface area contributed by atoms with E-state index in [0.717, 1.165) is 48.2 Å². The van der Waals surface area contributed by atoms with Crippen LogP contribution in [0, 0.1) is 6.92 Å². The first-order chi connectivity index (χ1) is 8.72. The van der Waals surface area contributed by atoms with Gasteiger partial charge in [0.1, 0.15) is 23.2 Å². The number of hydrogen-bond donors (Lipinski definition) is 1. The number of ether oxygens (including phenoxy) is 1. The average molecular weight is 246 g/mol. The Morgan fingerprint density at radius 3 is 2.89 bits per heavy atom. The minimum atomic E-state index is -0.333. The van der Waals surface area contributed by atoms with E-state index in [9.17, 15) is 5.11 Å². The second kappa shape index (κ2) is 4.65. The van der Waals surface area contributed by atoms with Crippen molar-refractivity contribution in [2.45, 2.75) is 44.8 Å². The van der Waals surface area contributed by atoms with E-state index in [2.05, 4.69) is 0 Å². The minimum absolute atomic E-state index is 0.0656. The smallest absolute Gasteiger partial charge is 0.134 e. The highest BCUT2D eigenvalue weighted by Gasteiger charge is 2.24. The second-order valence-corrected chi connectivity index (χ2v) is 5.06. The molecule has 1 aliphatic rings. The zero-order valence-corrected chi connectivity index (χ0v) is 10.6. The van der Waals surface area contributed by atoms with Crippen LogP contribution in [0.2, 0.25) is 0 Å². The third-order valence-corrected chi connectivity index (χ3v) is 3.57. The summed E-state index contributed by atoms with van der Waals surface area (Å²) >= 11 is 0. The Bertz CT molecular complexity index is 544. The fourth-order valence-corrected chi connectivity index (χ4v) is 2.62. The van der Waals surface area contributed by atoms with Gasteiger partial charge >= 0.3 is 0 Å². The van der Waals surface area contributed by atoms with Gasteiger partial charge in [0.15, 0.2) is 0 Å². The summed E-state index contributed by atoms with van der Waals surface area (Å²) in [6, 6.07) is 7.81. The van der Waals surface area contributed by atoms with Crippen LogP contribution in [0.5, 0.6) is 5.75 Å². The average Bonchev–Trinajstić information content (AvgIpc) is 2.71. The molecule has 1 heterocycles. The molecule has 96 valence electrons. The number of aliphatic hydroxyl groups excluding tert-OH is 1. The lowest BCUT2D eigenvalue weighted by Gasteiger charge is -2.28. The fourth-order valence-electron chi connectivity index (χ4n) is 2.62. The van der Waals surface area contributed by atoms with Crippen LogP contribution in [0.25, 0.3) is 11.0 Å². The van der Waals surface area contributed by atoms with Crippen LogP contribution >= 0.6 is 0 Å². The molecule has 1 aliphatic carbocycles. The third kappa shape index (κ3) is 2.23. The van der Waals surface area contributed by atoms with Crippen LogP contribution in [-0.2, 0) is 0 Å². The Kier molecular flexibility index (Phi) is 3.00. The Morgan fingerprint density at radius 2 is 2.06 bits per heavy atom. The molecule has 2 unspecified atom stereocenters. The highest BCUT2D eigenvalue weighted by atomic mass is 16.5. The van der Waals surface area contributed by atoms with Gasteiger partial charge in [0.25, 0.3) is 0 Å². The van der Waals surface area contributed by atoms with Crippen molar-refractivity contribution in [1.29, 1.82) is 0 Å². The quantitative estimate of drug-likeness (QED) is 0.882. The molecular weight excluding hydrogens is 228 g/mol. The lowest BCUT2D eigenvalue weighted by atomic mass is 9.95. The van der Waals surface area contributed by atoms with Gasteiger partial charge in [-0.1, -0.05) is 6.42 Å². The van der Waals surface area contributed by atoms with E-state index in [1.807, 2.05) is 31.2 Å². The van der Waals surface area contributed by atoms with Crippen LogP contribution in [0.4, 0.5) is 0 Å². The lowest BCUT2D eigenvalue weighted by molar-refractivity contribution is 0.00694. The molecule has 3 nitrogen and oxygen atoms in total. The van der Waals surface area contributed by atoms with Crippen LogP contribution in [0.15, 0.2) is 28.7 Å². The van der Waals surface area contributed by atoms with E-state index >= 15 is 0 Å². The van der Waals surface area contributed by atoms with Crippen LogP contribution < -0.4 is 4.74 Å². The molecule has 0 aliphatic heterocycles. The highest BCUT2D eigenvalue weighted by Crippen LogP contribution is 2.27. The Balaban J connectivity index is 1.81. The van der Waals surface area contributed by atoms with Gasteiger partial charge in [0, 0.05) is 5.39 Å². The summed E-state index contributed by atoms with van der Waals surface area (Å²) in [6.07, 6.45) is 3.61. The van der Waals surface area contributed by atoms with Gasteiger partial charge in [-0.2, -0.15) is 0 Å². The van der Waals surface area contributed by atoms with Gasteiger partial charge in [-0.25, -0.2) is 0 Å². The normalized spacial score (nSPS) is 24.3. The Labute approximate surface area is 106 Å². The number of rotatable bonds is 2. The van der Waals surface area contributed by atoms with Crippen molar-refractivity contribution in [2.24, 2.45) is 0 Å². The number of benzene rings is 1. The first kappa shape index (κ1) is 11.6. The summed E-state index contributed by atoms with van der Waals surface area (Å²) in [6.45, 7) is 1.94. The van der Waals surface area contributed by atoms with Gasteiger partial charge < -0.3 is 14.3 Å². The number of fused-ring (bicyclic) bond motifs is 1. The summed E-state index contributed by atoms with van der Waals surface area (Å²) < 4.78 is 11.4. The molecule has 18 heavy (non-hydrogen) atoms. The largest absolute Gasteiger partial charge is 0.488 e. The predicted molar refractivity (Wildman–Crippen MR) is 69.8 cm³/mol. The van der Waals surface area contributed by atoms with Crippen molar-refractivity contribution in [2.75, 3.05) is 0 Å². The van der Waals surface area contributed by atoms with Crippen molar-refractivity contribution in [3.05, 3.63) is 30.0 Å². The van der Waals surface area contributed by atoms with Gasteiger partial charge in [-0.15, -0.1) is 0 Å². The molecule has 0 bridgehead atoms. The zero-order valence-electron chi connectivity index (χ0n) is 10.6. The molecule has 3 rings (SSSR count).